The molecule has 94 valence electrons. The lowest BCUT2D eigenvalue weighted by atomic mass is 10.0. The average Bonchev–Trinajstić information content (AvgIpc) is 2.77. The number of ketones is 1. The maximum Gasteiger partial charge on any atom is 0.169 e. The zero-order valence-corrected chi connectivity index (χ0v) is 10.1. The second-order valence-corrected chi connectivity index (χ2v) is 4.78. The van der Waals surface area contributed by atoms with Crippen LogP contribution in [-0.4, -0.2) is 5.78 Å². The number of halogens is 3. The molecular formula is C13H9F3OS. The van der Waals surface area contributed by atoms with Crippen LogP contribution in [0, 0.1) is 17.5 Å². The van der Waals surface area contributed by atoms with Crippen molar-refractivity contribution in [2.75, 3.05) is 0 Å². The Balaban J connectivity index is 2.14. The first kappa shape index (κ1) is 12.8. The van der Waals surface area contributed by atoms with Crippen LogP contribution in [0.15, 0.2) is 29.6 Å². The van der Waals surface area contributed by atoms with Gasteiger partial charge in [0.15, 0.2) is 5.78 Å². The van der Waals surface area contributed by atoms with E-state index >= 15 is 0 Å². The second-order valence-electron chi connectivity index (χ2n) is 3.75. The number of carbonyl (C=O) groups excluding carboxylic acids is 1. The van der Waals surface area contributed by atoms with Crippen molar-refractivity contribution in [1.29, 1.82) is 0 Å². The fourth-order valence-corrected chi connectivity index (χ4v) is 2.33. The fraction of sp³-hybridized carbons (Fsp3) is 0.154. The first-order valence-electron chi connectivity index (χ1n) is 5.28. The molecule has 0 bridgehead atoms. The fourth-order valence-electron chi connectivity index (χ4n) is 1.63. The first-order chi connectivity index (χ1) is 8.58. The standard InChI is InChI=1S/C13H9F3OS/c14-8-6-10(15)13(11(16)7-8)12(17)4-3-9-2-1-5-18-9/h1-2,5-7H,3-4H2. The zero-order chi connectivity index (χ0) is 13.1. The Labute approximate surface area is 106 Å². The minimum Gasteiger partial charge on any atom is -0.294 e. The summed E-state index contributed by atoms with van der Waals surface area (Å²) in [6.45, 7) is 0. The molecular weight excluding hydrogens is 261 g/mol. The number of thiophene rings is 1. The van der Waals surface area contributed by atoms with Gasteiger partial charge < -0.3 is 0 Å². The number of carbonyl (C=O) groups is 1. The molecule has 0 fully saturated rings. The summed E-state index contributed by atoms with van der Waals surface area (Å²) in [5.41, 5.74) is -0.659. The van der Waals surface area contributed by atoms with Gasteiger partial charge in [0.05, 0.1) is 5.56 Å². The highest BCUT2D eigenvalue weighted by molar-refractivity contribution is 7.09. The molecule has 0 amide bonds. The third-order valence-corrected chi connectivity index (χ3v) is 3.40. The van der Waals surface area contributed by atoms with E-state index in [1.54, 1.807) is 0 Å². The molecule has 0 saturated carbocycles. The van der Waals surface area contributed by atoms with Crippen LogP contribution in [0.25, 0.3) is 0 Å². The molecule has 1 heterocycles. The molecule has 2 rings (SSSR count). The van der Waals surface area contributed by atoms with Crippen molar-refractivity contribution in [2.45, 2.75) is 12.8 Å². The molecule has 0 aliphatic heterocycles. The van der Waals surface area contributed by atoms with Gasteiger partial charge in [-0.05, 0) is 17.9 Å². The Morgan fingerprint density at radius 3 is 2.39 bits per heavy atom. The van der Waals surface area contributed by atoms with Crippen LogP contribution in [0.5, 0.6) is 0 Å². The number of rotatable bonds is 4. The molecule has 1 aromatic heterocycles. The average molecular weight is 270 g/mol. The van der Waals surface area contributed by atoms with Gasteiger partial charge in [0.25, 0.3) is 0 Å². The van der Waals surface area contributed by atoms with Crippen molar-refractivity contribution >= 4 is 17.1 Å². The quantitative estimate of drug-likeness (QED) is 0.768. The number of hydrogen-bond acceptors (Lipinski definition) is 2. The Kier molecular flexibility index (Phi) is 3.81. The lowest BCUT2D eigenvalue weighted by Gasteiger charge is -2.04. The van der Waals surface area contributed by atoms with Crippen LogP contribution in [0.1, 0.15) is 21.7 Å². The Bertz CT molecular complexity index is 541. The van der Waals surface area contributed by atoms with Gasteiger partial charge in [0, 0.05) is 23.4 Å². The van der Waals surface area contributed by atoms with Gasteiger partial charge in [-0.2, -0.15) is 0 Å². The first-order valence-corrected chi connectivity index (χ1v) is 6.16. The van der Waals surface area contributed by atoms with Crippen LogP contribution in [0.4, 0.5) is 13.2 Å². The molecule has 0 aliphatic carbocycles. The summed E-state index contributed by atoms with van der Waals surface area (Å²) in [4.78, 5) is 12.7. The Morgan fingerprint density at radius 2 is 1.83 bits per heavy atom. The van der Waals surface area contributed by atoms with E-state index in [-0.39, 0.29) is 6.42 Å². The van der Waals surface area contributed by atoms with Gasteiger partial charge in [-0.15, -0.1) is 11.3 Å². The van der Waals surface area contributed by atoms with E-state index in [9.17, 15) is 18.0 Å². The summed E-state index contributed by atoms with van der Waals surface area (Å²) < 4.78 is 39.3. The summed E-state index contributed by atoms with van der Waals surface area (Å²) in [6, 6.07) is 4.71. The molecule has 18 heavy (non-hydrogen) atoms. The summed E-state index contributed by atoms with van der Waals surface area (Å²) in [5.74, 6) is -3.98. The zero-order valence-electron chi connectivity index (χ0n) is 9.25. The van der Waals surface area contributed by atoms with Crippen molar-refractivity contribution < 1.29 is 18.0 Å². The maximum atomic E-state index is 13.3. The molecule has 0 unspecified atom stereocenters. The van der Waals surface area contributed by atoms with E-state index in [1.165, 1.54) is 11.3 Å². The molecule has 0 N–H and O–H groups in total. The predicted molar refractivity (Wildman–Crippen MR) is 63.3 cm³/mol. The summed E-state index contributed by atoms with van der Waals surface area (Å²) in [7, 11) is 0. The molecule has 0 saturated heterocycles. The molecule has 0 spiro atoms. The summed E-state index contributed by atoms with van der Waals surface area (Å²) in [6.07, 6.45) is 0.423. The monoisotopic (exact) mass is 270 g/mol. The van der Waals surface area contributed by atoms with Crippen LogP contribution in [0.3, 0.4) is 0 Å². The normalized spacial score (nSPS) is 10.6. The minimum atomic E-state index is -1.15. The van der Waals surface area contributed by atoms with Gasteiger partial charge in [-0.25, -0.2) is 13.2 Å². The van der Waals surface area contributed by atoms with Crippen LogP contribution < -0.4 is 0 Å². The third-order valence-electron chi connectivity index (χ3n) is 2.46. The number of hydrogen-bond donors (Lipinski definition) is 0. The smallest absolute Gasteiger partial charge is 0.169 e. The van der Waals surface area contributed by atoms with Gasteiger partial charge in [0.1, 0.15) is 17.5 Å². The molecule has 1 nitrogen and oxygen atoms in total. The highest BCUT2D eigenvalue weighted by atomic mass is 32.1. The van der Waals surface area contributed by atoms with Crippen LogP contribution in [0.2, 0.25) is 0 Å². The molecule has 0 aliphatic rings. The highest BCUT2D eigenvalue weighted by Gasteiger charge is 2.18. The molecule has 0 atom stereocenters. The molecule has 2 aromatic rings. The summed E-state index contributed by atoms with van der Waals surface area (Å²) in [5, 5.41) is 1.86. The van der Waals surface area contributed by atoms with E-state index in [4.69, 9.17) is 0 Å². The Morgan fingerprint density at radius 1 is 1.17 bits per heavy atom. The maximum absolute atomic E-state index is 13.3. The topological polar surface area (TPSA) is 17.1 Å². The van der Waals surface area contributed by atoms with Crippen molar-refractivity contribution in [3.05, 3.63) is 57.5 Å². The van der Waals surface area contributed by atoms with E-state index in [0.29, 0.717) is 18.6 Å². The SMILES string of the molecule is O=C(CCc1cccs1)c1c(F)cc(F)cc1F. The molecule has 0 radical (unpaired) electrons. The third kappa shape index (κ3) is 2.79. The lowest BCUT2D eigenvalue weighted by Crippen LogP contribution is -2.07. The van der Waals surface area contributed by atoms with Crippen LogP contribution in [-0.2, 0) is 6.42 Å². The van der Waals surface area contributed by atoms with Gasteiger partial charge in [-0.1, -0.05) is 6.07 Å². The van der Waals surface area contributed by atoms with Gasteiger partial charge >= 0.3 is 0 Å². The van der Waals surface area contributed by atoms with Gasteiger partial charge in [0.2, 0.25) is 0 Å². The van der Waals surface area contributed by atoms with E-state index in [0.717, 1.165) is 4.88 Å². The molecule has 5 heteroatoms. The Hall–Kier alpha value is -1.62. The second kappa shape index (κ2) is 5.35. The van der Waals surface area contributed by atoms with E-state index in [1.807, 2.05) is 17.5 Å². The van der Waals surface area contributed by atoms with Crippen LogP contribution >= 0.6 is 11.3 Å². The molecule has 1 aromatic carbocycles. The minimum absolute atomic E-state index is 0.0000142. The van der Waals surface area contributed by atoms with Crippen molar-refractivity contribution in [2.24, 2.45) is 0 Å². The largest absolute Gasteiger partial charge is 0.294 e. The lowest BCUT2D eigenvalue weighted by molar-refractivity contribution is 0.0975. The van der Waals surface area contributed by atoms with Gasteiger partial charge in [-0.3, -0.25) is 4.79 Å². The number of Topliss-reactive ketones (excluding diaryl/α,β-unsaturated/α-hetero) is 1. The number of benzene rings is 1. The predicted octanol–water partition coefficient (Wildman–Crippen LogP) is 3.98. The van der Waals surface area contributed by atoms with Crippen molar-refractivity contribution in [3.8, 4) is 0 Å². The van der Waals surface area contributed by atoms with E-state index < -0.39 is 28.8 Å². The highest BCUT2D eigenvalue weighted by Crippen LogP contribution is 2.18. The number of aryl methyl sites for hydroxylation is 1. The van der Waals surface area contributed by atoms with E-state index in [2.05, 4.69) is 0 Å². The van der Waals surface area contributed by atoms with Crippen molar-refractivity contribution in [1.82, 2.24) is 0 Å². The summed E-state index contributed by atoms with van der Waals surface area (Å²) >= 11 is 1.47. The van der Waals surface area contributed by atoms with Crippen molar-refractivity contribution in [3.63, 3.8) is 0 Å².